The lowest BCUT2D eigenvalue weighted by Crippen LogP contribution is -2.26. The summed E-state index contributed by atoms with van der Waals surface area (Å²) in [6.07, 6.45) is 6.07. The van der Waals surface area contributed by atoms with Crippen LogP contribution in [0.25, 0.3) is 0 Å². The van der Waals surface area contributed by atoms with E-state index in [0.29, 0.717) is 6.04 Å². The van der Waals surface area contributed by atoms with Gasteiger partial charge in [0.15, 0.2) is 0 Å². The van der Waals surface area contributed by atoms with Gasteiger partial charge in [0.25, 0.3) is 0 Å². The summed E-state index contributed by atoms with van der Waals surface area (Å²) >= 11 is 0. The molecule has 1 aromatic heterocycles. The summed E-state index contributed by atoms with van der Waals surface area (Å²) < 4.78 is 2.08. The Morgan fingerprint density at radius 1 is 1.62 bits per heavy atom. The molecular weight excluding hydrogens is 162 g/mol. The molecule has 0 saturated heterocycles. The molecule has 0 aromatic carbocycles. The van der Waals surface area contributed by atoms with Crippen molar-refractivity contribution < 1.29 is 0 Å². The minimum Gasteiger partial charge on any atom is -0.338 e. The Hall–Kier alpha value is -0.830. The molecule has 3 heteroatoms. The molecule has 0 fully saturated rings. The second kappa shape index (κ2) is 5.02. The number of hydrogen-bond donors (Lipinski definition) is 1. The Kier molecular flexibility index (Phi) is 3.96. The molecule has 0 spiro atoms. The first-order chi connectivity index (χ1) is 6.24. The summed E-state index contributed by atoms with van der Waals surface area (Å²) in [7, 11) is 2.04. The van der Waals surface area contributed by atoms with Gasteiger partial charge in [-0.3, -0.25) is 0 Å². The van der Waals surface area contributed by atoms with Gasteiger partial charge in [-0.2, -0.15) is 0 Å². The molecule has 1 aromatic rings. The zero-order chi connectivity index (χ0) is 9.68. The highest BCUT2D eigenvalue weighted by atomic mass is 15.0. The van der Waals surface area contributed by atoms with E-state index in [1.807, 2.05) is 19.6 Å². The summed E-state index contributed by atoms with van der Waals surface area (Å²) in [6.45, 7) is 5.41. The Morgan fingerprint density at radius 3 is 2.92 bits per heavy atom. The summed E-state index contributed by atoms with van der Waals surface area (Å²) in [5.74, 6) is 0. The van der Waals surface area contributed by atoms with Crippen molar-refractivity contribution in [2.45, 2.75) is 32.7 Å². The normalized spacial score (nSPS) is 13.2. The Bertz CT molecular complexity index is 242. The van der Waals surface area contributed by atoms with Gasteiger partial charge in [0.1, 0.15) is 0 Å². The smallest absolute Gasteiger partial charge is 0.0945 e. The molecule has 0 radical (unpaired) electrons. The van der Waals surface area contributed by atoms with Gasteiger partial charge in [0.05, 0.1) is 6.33 Å². The highest BCUT2D eigenvalue weighted by molar-refractivity contribution is 4.97. The van der Waals surface area contributed by atoms with E-state index < -0.39 is 0 Å². The quantitative estimate of drug-likeness (QED) is 0.743. The van der Waals surface area contributed by atoms with Crippen LogP contribution in [0.5, 0.6) is 0 Å². The number of nitrogens with one attached hydrogen (secondary N) is 1. The van der Waals surface area contributed by atoms with Gasteiger partial charge in [0.2, 0.25) is 0 Å². The molecule has 1 atom stereocenters. The van der Waals surface area contributed by atoms with E-state index in [1.165, 1.54) is 12.1 Å². The maximum absolute atomic E-state index is 4.09. The monoisotopic (exact) mass is 181 g/mol. The average Bonchev–Trinajstić information content (AvgIpc) is 2.48. The van der Waals surface area contributed by atoms with E-state index >= 15 is 0 Å². The number of hydrogen-bond acceptors (Lipinski definition) is 2. The molecule has 3 nitrogen and oxygen atoms in total. The van der Waals surface area contributed by atoms with Gasteiger partial charge in [-0.25, -0.2) is 4.98 Å². The SMILES string of the molecule is CCNC(C)CCc1cncn1C. The summed E-state index contributed by atoms with van der Waals surface area (Å²) in [5.41, 5.74) is 1.31. The topological polar surface area (TPSA) is 29.9 Å². The second-order valence-corrected chi connectivity index (χ2v) is 3.49. The van der Waals surface area contributed by atoms with Gasteiger partial charge >= 0.3 is 0 Å². The van der Waals surface area contributed by atoms with Crippen LogP contribution in [0.3, 0.4) is 0 Å². The molecule has 74 valence electrons. The first-order valence-electron chi connectivity index (χ1n) is 4.92. The molecule has 1 rings (SSSR count). The van der Waals surface area contributed by atoms with Crippen LogP contribution in [0, 0.1) is 0 Å². The summed E-state index contributed by atoms with van der Waals surface area (Å²) in [6, 6.07) is 0.597. The third-order valence-corrected chi connectivity index (χ3v) is 2.30. The number of rotatable bonds is 5. The van der Waals surface area contributed by atoms with Crippen LogP contribution < -0.4 is 5.32 Å². The average molecular weight is 181 g/mol. The molecule has 0 amide bonds. The third-order valence-electron chi connectivity index (χ3n) is 2.30. The predicted molar refractivity (Wildman–Crippen MR) is 54.7 cm³/mol. The minimum absolute atomic E-state index is 0.597. The van der Waals surface area contributed by atoms with E-state index in [0.717, 1.165) is 13.0 Å². The van der Waals surface area contributed by atoms with Gasteiger partial charge < -0.3 is 9.88 Å². The van der Waals surface area contributed by atoms with Gasteiger partial charge in [0, 0.05) is 25.0 Å². The summed E-state index contributed by atoms with van der Waals surface area (Å²) in [4.78, 5) is 4.09. The fourth-order valence-corrected chi connectivity index (χ4v) is 1.44. The zero-order valence-corrected chi connectivity index (χ0v) is 8.75. The largest absolute Gasteiger partial charge is 0.338 e. The molecule has 1 heterocycles. The highest BCUT2D eigenvalue weighted by Gasteiger charge is 2.02. The molecular formula is C10H19N3. The highest BCUT2D eigenvalue weighted by Crippen LogP contribution is 2.03. The van der Waals surface area contributed by atoms with Crippen LogP contribution in [0.1, 0.15) is 26.0 Å². The van der Waals surface area contributed by atoms with Crippen LogP contribution in [-0.2, 0) is 13.5 Å². The minimum atomic E-state index is 0.597. The molecule has 1 N–H and O–H groups in total. The zero-order valence-electron chi connectivity index (χ0n) is 8.75. The Balaban J connectivity index is 2.30. The van der Waals surface area contributed by atoms with E-state index in [2.05, 4.69) is 28.7 Å². The van der Waals surface area contributed by atoms with Crippen molar-refractivity contribution in [1.82, 2.24) is 14.9 Å². The summed E-state index contributed by atoms with van der Waals surface area (Å²) in [5, 5.41) is 3.40. The van der Waals surface area contributed by atoms with Crippen molar-refractivity contribution >= 4 is 0 Å². The lowest BCUT2D eigenvalue weighted by Gasteiger charge is -2.11. The maximum Gasteiger partial charge on any atom is 0.0945 e. The predicted octanol–water partition coefficient (Wildman–Crippen LogP) is 1.35. The van der Waals surface area contributed by atoms with Crippen molar-refractivity contribution in [3.63, 3.8) is 0 Å². The van der Waals surface area contributed by atoms with Crippen molar-refractivity contribution in [3.05, 3.63) is 18.2 Å². The molecule has 0 aliphatic heterocycles. The van der Waals surface area contributed by atoms with Crippen molar-refractivity contribution in [3.8, 4) is 0 Å². The van der Waals surface area contributed by atoms with E-state index in [4.69, 9.17) is 0 Å². The first kappa shape index (κ1) is 10.3. The van der Waals surface area contributed by atoms with Crippen molar-refractivity contribution in [1.29, 1.82) is 0 Å². The molecule has 0 bridgehead atoms. The van der Waals surface area contributed by atoms with Crippen molar-refractivity contribution in [2.24, 2.45) is 7.05 Å². The fourth-order valence-electron chi connectivity index (χ4n) is 1.44. The Labute approximate surface area is 80.2 Å². The number of aromatic nitrogens is 2. The molecule has 0 saturated carbocycles. The molecule has 0 aliphatic rings. The first-order valence-corrected chi connectivity index (χ1v) is 4.92. The third kappa shape index (κ3) is 3.19. The lowest BCUT2D eigenvalue weighted by molar-refractivity contribution is 0.524. The van der Waals surface area contributed by atoms with Crippen LogP contribution in [-0.4, -0.2) is 22.1 Å². The van der Waals surface area contributed by atoms with Crippen molar-refractivity contribution in [2.75, 3.05) is 6.54 Å². The number of nitrogens with zero attached hydrogens (tertiary/aromatic N) is 2. The van der Waals surface area contributed by atoms with Crippen LogP contribution in [0.2, 0.25) is 0 Å². The number of aryl methyl sites for hydroxylation is 2. The van der Waals surface area contributed by atoms with Crippen LogP contribution in [0.4, 0.5) is 0 Å². The standard InChI is InChI=1S/C10H19N3/c1-4-12-9(2)5-6-10-7-11-8-13(10)3/h7-9,12H,4-6H2,1-3H3. The molecule has 13 heavy (non-hydrogen) atoms. The maximum atomic E-state index is 4.09. The second-order valence-electron chi connectivity index (χ2n) is 3.49. The molecule has 1 unspecified atom stereocenters. The fraction of sp³-hybridized carbons (Fsp3) is 0.700. The van der Waals surface area contributed by atoms with Gasteiger partial charge in [-0.1, -0.05) is 6.92 Å². The molecule has 0 aliphatic carbocycles. The number of imidazole rings is 1. The van der Waals surface area contributed by atoms with Crippen LogP contribution >= 0.6 is 0 Å². The van der Waals surface area contributed by atoms with E-state index in [-0.39, 0.29) is 0 Å². The van der Waals surface area contributed by atoms with Gasteiger partial charge in [-0.15, -0.1) is 0 Å². The van der Waals surface area contributed by atoms with E-state index in [1.54, 1.807) is 0 Å². The van der Waals surface area contributed by atoms with Gasteiger partial charge in [-0.05, 0) is 26.3 Å². The van der Waals surface area contributed by atoms with E-state index in [9.17, 15) is 0 Å². The lowest BCUT2D eigenvalue weighted by atomic mass is 10.1. The van der Waals surface area contributed by atoms with Crippen LogP contribution in [0.15, 0.2) is 12.5 Å². The Morgan fingerprint density at radius 2 is 2.38 bits per heavy atom.